The molecule has 0 spiro atoms. The largest absolute Gasteiger partial charge is 0.375 e. The molecule has 64 valence electrons. The zero-order valence-electron chi connectivity index (χ0n) is 7.93. The molecule has 1 aliphatic heterocycles. The zero-order chi connectivity index (χ0) is 8.43. The van der Waals surface area contributed by atoms with E-state index in [-0.39, 0.29) is 0 Å². The first kappa shape index (κ1) is 8.63. The predicted molar refractivity (Wildman–Crippen MR) is 49.4 cm³/mol. The van der Waals surface area contributed by atoms with Crippen LogP contribution in [0.5, 0.6) is 0 Å². The van der Waals surface area contributed by atoms with Gasteiger partial charge in [0.1, 0.15) is 0 Å². The van der Waals surface area contributed by atoms with Gasteiger partial charge in [0.15, 0.2) is 0 Å². The third kappa shape index (κ3) is 1.98. The second kappa shape index (κ2) is 3.29. The van der Waals surface area contributed by atoms with Crippen molar-refractivity contribution in [2.24, 2.45) is 5.92 Å². The van der Waals surface area contributed by atoms with Gasteiger partial charge in [0.2, 0.25) is 0 Å². The molecule has 0 aromatic rings. The van der Waals surface area contributed by atoms with Gasteiger partial charge in [-0.1, -0.05) is 20.4 Å². The van der Waals surface area contributed by atoms with Gasteiger partial charge in [0.25, 0.3) is 0 Å². The molecule has 0 aromatic carbocycles. The molecule has 0 amide bonds. The monoisotopic (exact) mass is 153 g/mol. The Morgan fingerprint density at radius 2 is 2.27 bits per heavy atom. The van der Waals surface area contributed by atoms with Gasteiger partial charge in [-0.25, -0.2) is 0 Å². The minimum atomic E-state index is 0.766. The van der Waals surface area contributed by atoms with Crippen LogP contribution in [0.2, 0.25) is 0 Å². The van der Waals surface area contributed by atoms with E-state index in [9.17, 15) is 0 Å². The maximum Gasteiger partial charge on any atom is 0.0289 e. The number of rotatable bonds is 2. The Balaban J connectivity index is 2.42. The lowest BCUT2D eigenvalue weighted by Crippen LogP contribution is -2.24. The molecule has 11 heavy (non-hydrogen) atoms. The average Bonchev–Trinajstić information content (AvgIpc) is 2.18. The fourth-order valence-corrected chi connectivity index (χ4v) is 1.78. The third-order valence-electron chi connectivity index (χ3n) is 2.56. The van der Waals surface area contributed by atoms with E-state index >= 15 is 0 Å². The number of allylic oxidation sites excluding steroid dienone is 1. The highest BCUT2D eigenvalue weighted by Crippen LogP contribution is 2.27. The first-order valence-electron chi connectivity index (χ1n) is 4.52. The summed E-state index contributed by atoms with van der Waals surface area (Å²) < 4.78 is 0. The van der Waals surface area contributed by atoms with Gasteiger partial charge in [-0.3, -0.25) is 0 Å². The molecule has 1 fully saturated rings. The van der Waals surface area contributed by atoms with Gasteiger partial charge < -0.3 is 4.90 Å². The molecule has 1 aliphatic rings. The summed E-state index contributed by atoms with van der Waals surface area (Å²) in [5, 5.41) is 0. The first-order valence-corrected chi connectivity index (χ1v) is 4.52. The van der Waals surface area contributed by atoms with Gasteiger partial charge in [-0.2, -0.15) is 0 Å². The van der Waals surface area contributed by atoms with Crippen LogP contribution in [0.1, 0.15) is 33.1 Å². The Morgan fingerprint density at radius 3 is 2.64 bits per heavy atom. The summed E-state index contributed by atoms with van der Waals surface area (Å²) >= 11 is 0. The van der Waals surface area contributed by atoms with Crippen LogP contribution < -0.4 is 0 Å². The highest BCUT2D eigenvalue weighted by atomic mass is 15.2. The fourth-order valence-electron chi connectivity index (χ4n) is 1.78. The van der Waals surface area contributed by atoms with E-state index < -0.39 is 0 Å². The summed E-state index contributed by atoms with van der Waals surface area (Å²) in [6.45, 7) is 8.59. The molecular formula is C10H19N. The van der Waals surface area contributed by atoms with Gasteiger partial charge in [-0.05, 0) is 25.2 Å². The minimum absolute atomic E-state index is 0.766. The molecule has 1 atom stereocenters. The van der Waals surface area contributed by atoms with Crippen molar-refractivity contribution in [1.82, 2.24) is 4.90 Å². The SMILES string of the molecule is C=C1CCC(CC(C)C)N1C. The number of nitrogens with zero attached hydrogens (tertiary/aromatic N) is 1. The highest BCUT2D eigenvalue weighted by Gasteiger charge is 2.23. The normalized spacial score (nSPS) is 25.3. The summed E-state index contributed by atoms with van der Waals surface area (Å²) in [6.07, 6.45) is 3.83. The lowest BCUT2D eigenvalue weighted by Gasteiger charge is -2.23. The third-order valence-corrected chi connectivity index (χ3v) is 2.56. The van der Waals surface area contributed by atoms with E-state index in [1.807, 2.05) is 0 Å². The molecule has 1 heterocycles. The molecule has 0 radical (unpaired) electrons. The zero-order valence-corrected chi connectivity index (χ0v) is 7.93. The van der Waals surface area contributed by atoms with E-state index in [1.54, 1.807) is 0 Å². The molecule has 1 saturated heterocycles. The van der Waals surface area contributed by atoms with Crippen molar-refractivity contribution in [2.75, 3.05) is 7.05 Å². The predicted octanol–water partition coefficient (Wildman–Crippen LogP) is 2.64. The van der Waals surface area contributed by atoms with Crippen molar-refractivity contribution in [3.8, 4) is 0 Å². The quantitative estimate of drug-likeness (QED) is 0.589. The Labute approximate surface area is 70.1 Å². The van der Waals surface area contributed by atoms with Crippen molar-refractivity contribution in [2.45, 2.75) is 39.2 Å². The highest BCUT2D eigenvalue weighted by molar-refractivity contribution is 5.02. The molecule has 0 aromatic heterocycles. The van der Waals surface area contributed by atoms with Gasteiger partial charge in [0.05, 0.1) is 0 Å². The van der Waals surface area contributed by atoms with Crippen LogP contribution in [-0.4, -0.2) is 18.0 Å². The number of hydrogen-bond donors (Lipinski definition) is 0. The molecule has 1 rings (SSSR count). The van der Waals surface area contributed by atoms with Crippen LogP contribution in [0.3, 0.4) is 0 Å². The van der Waals surface area contributed by atoms with E-state index in [4.69, 9.17) is 0 Å². The molecular weight excluding hydrogens is 134 g/mol. The number of likely N-dealkylation sites (tertiary alicyclic amines) is 1. The molecule has 0 aliphatic carbocycles. The minimum Gasteiger partial charge on any atom is -0.375 e. The van der Waals surface area contributed by atoms with Gasteiger partial charge >= 0.3 is 0 Å². The maximum atomic E-state index is 4.02. The Bertz CT molecular complexity index is 149. The smallest absolute Gasteiger partial charge is 0.0289 e. The van der Waals surface area contributed by atoms with Crippen LogP contribution in [0.25, 0.3) is 0 Å². The van der Waals surface area contributed by atoms with E-state index in [0.717, 1.165) is 12.0 Å². The summed E-state index contributed by atoms with van der Waals surface area (Å²) in [7, 11) is 2.17. The molecule has 0 saturated carbocycles. The second-order valence-corrected chi connectivity index (χ2v) is 4.00. The summed E-state index contributed by atoms with van der Waals surface area (Å²) in [6, 6.07) is 0.766. The van der Waals surface area contributed by atoms with Crippen molar-refractivity contribution in [3.05, 3.63) is 12.3 Å². The Morgan fingerprint density at radius 1 is 1.64 bits per heavy atom. The maximum absolute atomic E-state index is 4.02. The molecule has 1 nitrogen and oxygen atoms in total. The van der Waals surface area contributed by atoms with Crippen molar-refractivity contribution in [3.63, 3.8) is 0 Å². The van der Waals surface area contributed by atoms with E-state index in [0.29, 0.717) is 0 Å². The summed E-state index contributed by atoms with van der Waals surface area (Å²) in [5.74, 6) is 0.813. The second-order valence-electron chi connectivity index (χ2n) is 4.00. The fraction of sp³-hybridized carbons (Fsp3) is 0.800. The van der Waals surface area contributed by atoms with Crippen LogP contribution in [0.15, 0.2) is 12.3 Å². The molecule has 1 heteroatoms. The van der Waals surface area contributed by atoms with Gasteiger partial charge in [0, 0.05) is 18.8 Å². The van der Waals surface area contributed by atoms with E-state index in [1.165, 1.54) is 25.0 Å². The molecule has 0 N–H and O–H groups in total. The topological polar surface area (TPSA) is 3.24 Å². The standard InChI is InChI=1S/C10H19N/c1-8(2)7-10-6-5-9(3)11(10)4/h8,10H,3,5-7H2,1-2,4H3. The van der Waals surface area contributed by atoms with E-state index in [2.05, 4.69) is 32.4 Å². The molecule has 1 unspecified atom stereocenters. The first-order chi connectivity index (χ1) is 5.11. The summed E-state index contributed by atoms with van der Waals surface area (Å²) in [4.78, 5) is 2.35. The van der Waals surface area contributed by atoms with Crippen molar-refractivity contribution in [1.29, 1.82) is 0 Å². The Hall–Kier alpha value is -0.460. The number of hydrogen-bond acceptors (Lipinski definition) is 1. The molecule has 0 bridgehead atoms. The van der Waals surface area contributed by atoms with Crippen molar-refractivity contribution >= 4 is 0 Å². The Kier molecular flexibility index (Phi) is 2.58. The van der Waals surface area contributed by atoms with Crippen LogP contribution in [0, 0.1) is 5.92 Å². The lowest BCUT2D eigenvalue weighted by atomic mass is 10.0. The summed E-state index contributed by atoms with van der Waals surface area (Å²) in [5.41, 5.74) is 1.32. The van der Waals surface area contributed by atoms with Gasteiger partial charge in [-0.15, -0.1) is 0 Å². The average molecular weight is 153 g/mol. The lowest BCUT2D eigenvalue weighted by molar-refractivity contribution is 0.304. The van der Waals surface area contributed by atoms with Crippen molar-refractivity contribution < 1.29 is 0 Å². The van der Waals surface area contributed by atoms with Crippen LogP contribution in [-0.2, 0) is 0 Å². The van der Waals surface area contributed by atoms with Crippen LogP contribution in [0.4, 0.5) is 0 Å². The van der Waals surface area contributed by atoms with Crippen LogP contribution >= 0.6 is 0 Å².